The Labute approximate surface area is 164 Å². The van der Waals surface area contributed by atoms with Crippen molar-refractivity contribution in [1.29, 1.82) is 0 Å². The molecule has 0 aromatic carbocycles. The number of aliphatic hydroxyl groups excluding tert-OH is 1. The van der Waals surface area contributed by atoms with Crippen molar-refractivity contribution in [2.24, 2.45) is 0 Å². The fourth-order valence-electron chi connectivity index (χ4n) is 2.94. The quantitative estimate of drug-likeness (QED) is 0.650. The van der Waals surface area contributed by atoms with Crippen LogP contribution in [0.15, 0.2) is 18.3 Å². The molecule has 3 heterocycles. The number of anilines is 3. The number of aryl methyl sites for hydroxylation is 1. The highest BCUT2D eigenvalue weighted by atomic mass is 16.3. The van der Waals surface area contributed by atoms with E-state index in [-0.39, 0.29) is 12.4 Å². The first-order valence-electron chi connectivity index (χ1n) is 9.64. The third-order valence-electron chi connectivity index (χ3n) is 4.66. The van der Waals surface area contributed by atoms with E-state index < -0.39 is 0 Å². The lowest BCUT2D eigenvalue weighted by Gasteiger charge is -2.32. The fraction of sp³-hybridized carbons (Fsp3) is 0.526. The summed E-state index contributed by atoms with van der Waals surface area (Å²) in [5.41, 5.74) is 0.551. The van der Waals surface area contributed by atoms with Crippen molar-refractivity contribution < 1.29 is 9.90 Å². The number of ketones is 1. The lowest BCUT2D eigenvalue weighted by molar-refractivity contribution is 0.0971. The second-order valence-corrected chi connectivity index (χ2v) is 6.82. The van der Waals surface area contributed by atoms with E-state index >= 15 is 0 Å². The zero-order valence-electron chi connectivity index (χ0n) is 16.4. The van der Waals surface area contributed by atoms with Crippen LogP contribution < -0.4 is 10.2 Å². The van der Waals surface area contributed by atoms with Gasteiger partial charge in [-0.1, -0.05) is 6.92 Å². The van der Waals surface area contributed by atoms with Crippen LogP contribution in [0.2, 0.25) is 0 Å². The number of nitrogens with one attached hydrogen (secondary N) is 1. The van der Waals surface area contributed by atoms with Crippen molar-refractivity contribution >= 4 is 23.5 Å². The third-order valence-corrected chi connectivity index (χ3v) is 4.66. The van der Waals surface area contributed by atoms with Gasteiger partial charge in [-0.15, -0.1) is 0 Å². The maximum atomic E-state index is 12.2. The van der Waals surface area contributed by atoms with Crippen LogP contribution in [0, 0.1) is 0 Å². The molecule has 1 saturated heterocycles. The number of carbonyl (C=O) groups excluding carboxylic acids is 1. The number of carbonyl (C=O) groups is 1. The molecule has 9 nitrogen and oxygen atoms in total. The summed E-state index contributed by atoms with van der Waals surface area (Å²) in [5.74, 6) is 2.28. The molecule has 0 saturated carbocycles. The molecule has 2 N–H and O–H groups in total. The molecule has 1 fully saturated rings. The first-order valence-corrected chi connectivity index (χ1v) is 9.64. The van der Waals surface area contributed by atoms with Gasteiger partial charge in [0, 0.05) is 57.4 Å². The third kappa shape index (κ3) is 5.20. The first kappa shape index (κ1) is 20.1. The molecule has 0 bridgehead atoms. The Morgan fingerprint density at radius 2 is 2.00 bits per heavy atom. The van der Waals surface area contributed by atoms with Crippen LogP contribution in [-0.4, -0.2) is 75.6 Å². The predicted octanol–water partition coefficient (Wildman–Crippen LogP) is 1.28. The highest BCUT2D eigenvalue weighted by Crippen LogP contribution is 2.17. The van der Waals surface area contributed by atoms with Gasteiger partial charge in [0.05, 0.1) is 0 Å². The molecule has 0 radical (unpaired) electrons. The number of nitrogens with zero attached hydrogens (tertiary/aromatic N) is 6. The molecule has 2 aromatic heterocycles. The molecule has 0 atom stereocenters. The number of aromatic nitrogens is 4. The molecule has 0 unspecified atom stereocenters. The first-order chi connectivity index (χ1) is 13.6. The molecule has 28 heavy (non-hydrogen) atoms. The molecule has 1 aliphatic rings. The SMILES string of the molecule is CCc1nc(Nc2cc(C(=O)CCCO)ccn2)nc(N2CCN(C)CC2)n1. The van der Waals surface area contributed by atoms with Crippen LogP contribution in [-0.2, 0) is 6.42 Å². The van der Waals surface area contributed by atoms with Crippen LogP contribution >= 0.6 is 0 Å². The molecular weight excluding hydrogens is 358 g/mol. The smallest absolute Gasteiger partial charge is 0.233 e. The van der Waals surface area contributed by atoms with Gasteiger partial charge in [0.25, 0.3) is 0 Å². The number of rotatable bonds is 8. The minimum Gasteiger partial charge on any atom is -0.396 e. The minimum absolute atomic E-state index is 0.00164. The molecule has 9 heteroatoms. The van der Waals surface area contributed by atoms with E-state index in [9.17, 15) is 4.79 Å². The number of pyridine rings is 1. The average molecular weight is 385 g/mol. The largest absolute Gasteiger partial charge is 0.396 e. The Kier molecular flexibility index (Phi) is 6.83. The van der Waals surface area contributed by atoms with E-state index in [1.54, 1.807) is 18.3 Å². The van der Waals surface area contributed by atoms with Crippen molar-refractivity contribution in [3.8, 4) is 0 Å². The highest BCUT2D eigenvalue weighted by Gasteiger charge is 2.18. The van der Waals surface area contributed by atoms with E-state index in [0.717, 1.165) is 26.2 Å². The van der Waals surface area contributed by atoms with Gasteiger partial charge in [0.2, 0.25) is 11.9 Å². The Morgan fingerprint density at radius 3 is 2.71 bits per heavy atom. The van der Waals surface area contributed by atoms with E-state index in [0.29, 0.717) is 48.4 Å². The number of hydrogen-bond acceptors (Lipinski definition) is 9. The zero-order valence-corrected chi connectivity index (χ0v) is 16.4. The number of likely N-dealkylation sites (N-methyl/N-ethyl adjacent to an activating group) is 1. The summed E-state index contributed by atoms with van der Waals surface area (Å²) < 4.78 is 0. The molecule has 3 rings (SSSR count). The van der Waals surface area contributed by atoms with E-state index in [2.05, 4.69) is 42.1 Å². The second-order valence-electron chi connectivity index (χ2n) is 6.82. The number of aliphatic hydroxyl groups is 1. The second kappa shape index (κ2) is 9.52. The number of hydrogen-bond donors (Lipinski definition) is 2. The van der Waals surface area contributed by atoms with Crippen LogP contribution in [0.4, 0.5) is 17.7 Å². The Hall–Kier alpha value is -2.65. The van der Waals surface area contributed by atoms with Gasteiger partial charge in [0.1, 0.15) is 11.6 Å². The Bertz CT molecular complexity index is 807. The lowest BCUT2D eigenvalue weighted by atomic mass is 10.1. The molecule has 0 aliphatic carbocycles. The van der Waals surface area contributed by atoms with Crippen LogP contribution in [0.1, 0.15) is 35.9 Å². The van der Waals surface area contributed by atoms with Crippen molar-refractivity contribution in [1.82, 2.24) is 24.8 Å². The van der Waals surface area contributed by atoms with Crippen molar-refractivity contribution in [2.45, 2.75) is 26.2 Å². The molecule has 2 aromatic rings. The van der Waals surface area contributed by atoms with E-state index in [1.165, 1.54) is 0 Å². The van der Waals surface area contributed by atoms with Crippen molar-refractivity contribution in [2.75, 3.05) is 50.1 Å². The van der Waals surface area contributed by atoms with Crippen molar-refractivity contribution in [3.05, 3.63) is 29.7 Å². The summed E-state index contributed by atoms with van der Waals surface area (Å²) >= 11 is 0. The van der Waals surface area contributed by atoms with Crippen LogP contribution in [0.5, 0.6) is 0 Å². The molecular formula is C19H27N7O2. The zero-order chi connectivity index (χ0) is 19.9. The normalized spacial score (nSPS) is 14.9. The van der Waals surface area contributed by atoms with Gasteiger partial charge < -0.3 is 20.2 Å². The van der Waals surface area contributed by atoms with Crippen LogP contribution in [0.3, 0.4) is 0 Å². The molecule has 0 amide bonds. The average Bonchev–Trinajstić information content (AvgIpc) is 2.72. The van der Waals surface area contributed by atoms with Gasteiger partial charge in [-0.05, 0) is 25.6 Å². The Morgan fingerprint density at radius 1 is 1.21 bits per heavy atom. The standard InChI is InChI=1S/C19H27N7O2/c1-3-16-21-18(24-19(23-16)26-10-8-25(2)9-11-26)22-17-13-14(6-7-20-17)15(28)5-4-12-27/h6-7,13,27H,3-5,8-12H2,1-2H3,(H,20,21,22,23,24). The van der Waals surface area contributed by atoms with E-state index in [4.69, 9.17) is 5.11 Å². The van der Waals surface area contributed by atoms with Crippen molar-refractivity contribution in [3.63, 3.8) is 0 Å². The van der Waals surface area contributed by atoms with Gasteiger partial charge >= 0.3 is 0 Å². The summed E-state index contributed by atoms with van der Waals surface area (Å²) in [6.07, 6.45) is 3.04. The lowest BCUT2D eigenvalue weighted by Crippen LogP contribution is -2.45. The van der Waals surface area contributed by atoms with Crippen LogP contribution in [0.25, 0.3) is 0 Å². The van der Waals surface area contributed by atoms with Gasteiger partial charge in [-0.3, -0.25) is 4.79 Å². The summed E-state index contributed by atoms with van der Waals surface area (Å²) in [7, 11) is 2.11. The number of Topliss-reactive ketones (excluding diaryl/α,β-unsaturated/α-hetero) is 1. The summed E-state index contributed by atoms with van der Waals surface area (Å²) in [6, 6.07) is 3.36. The highest BCUT2D eigenvalue weighted by molar-refractivity contribution is 5.96. The summed E-state index contributed by atoms with van der Waals surface area (Å²) in [4.78, 5) is 34.5. The van der Waals surface area contributed by atoms with E-state index in [1.807, 2.05) is 6.92 Å². The maximum Gasteiger partial charge on any atom is 0.233 e. The summed E-state index contributed by atoms with van der Waals surface area (Å²) in [5, 5.41) is 12.0. The topological polar surface area (TPSA) is 107 Å². The van der Waals surface area contributed by atoms with Gasteiger partial charge in [0.15, 0.2) is 5.78 Å². The maximum absolute atomic E-state index is 12.2. The molecule has 0 spiro atoms. The monoisotopic (exact) mass is 385 g/mol. The molecule has 1 aliphatic heterocycles. The fourth-order valence-corrected chi connectivity index (χ4v) is 2.94. The summed E-state index contributed by atoms with van der Waals surface area (Å²) in [6.45, 7) is 5.69. The van der Waals surface area contributed by atoms with Gasteiger partial charge in [-0.25, -0.2) is 4.98 Å². The Balaban J connectivity index is 1.78. The molecule has 150 valence electrons. The predicted molar refractivity (Wildman–Crippen MR) is 107 cm³/mol. The minimum atomic E-state index is -0.0254. The number of piperazine rings is 1. The van der Waals surface area contributed by atoms with Gasteiger partial charge in [-0.2, -0.15) is 15.0 Å².